The molecule has 1 aliphatic rings. The van der Waals surface area contributed by atoms with Gasteiger partial charge in [-0.1, -0.05) is 30.3 Å². The smallest absolute Gasteiger partial charge is 0.307 e. The Labute approximate surface area is 113 Å². The first-order valence-electron chi connectivity index (χ1n) is 6.69. The van der Waals surface area contributed by atoms with Crippen molar-refractivity contribution in [1.29, 1.82) is 0 Å². The van der Waals surface area contributed by atoms with E-state index < -0.39 is 11.9 Å². The number of aliphatic carboxylic acids is 1. The number of hydrogen-bond donors (Lipinski definition) is 1. The Morgan fingerprint density at radius 2 is 1.95 bits per heavy atom. The number of rotatable bonds is 6. The minimum Gasteiger partial charge on any atom is -0.481 e. The average Bonchev–Trinajstić information content (AvgIpc) is 3.21. The van der Waals surface area contributed by atoms with Crippen molar-refractivity contribution < 1.29 is 14.7 Å². The van der Waals surface area contributed by atoms with Gasteiger partial charge in [0.2, 0.25) is 5.91 Å². The molecule has 4 heteroatoms. The van der Waals surface area contributed by atoms with Gasteiger partial charge in [0.15, 0.2) is 0 Å². The highest BCUT2D eigenvalue weighted by molar-refractivity contribution is 5.89. The zero-order valence-electron chi connectivity index (χ0n) is 11.1. The Bertz CT molecular complexity index is 458. The molecule has 1 fully saturated rings. The van der Waals surface area contributed by atoms with Crippen LogP contribution in [0.3, 0.4) is 0 Å². The van der Waals surface area contributed by atoms with Gasteiger partial charge in [-0.25, -0.2) is 0 Å². The second kappa shape index (κ2) is 5.87. The Morgan fingerprint density at radius 1 is 1.26 bits per heavy atom. The normalized spacial score (nSPS) is 20.9. The summed E-state index contributed by atoms with van der Waals surface area (Å²) in [6, 6.07) is 10.0. The lowest BCUT2D eigenvalue weighted by atomic mass is 10.1. The molecule has 0 radical (unpaired) electrons. The largest absolute Gasteiger partial charge is 0.481 e. The van der Waals surface area contributed by atoms with Gasteiger partial charge in [0.05, 0.1) is 11.8 Å². The summed E-state index contributed by atoms with van der Waals surface area (Å²) in [6.45, 7) is 3.22. The molecular weight excluding hydrogens is 242 g/mol. The van der Waals surface area contributed by atoms with Crippen molar-refractivity contribution in [3.05, 3.63) is 35.9 Å². The lowest BCUT2D eigenvalue weighted by Crippen LogP contribution is -2.34. The third kappa shape index (κ3) is 3.34. The Balaban J connectivity index is 1.87. The molecule has 1 amide bonds. The second-order valence-corrected chi connectivity index (χ2v) is 4.94. The van der Waals surface area contributed by atoms with Crippen LogP contribution >= 0.6 is 0 Å². The first-order chi connectivity index (χ1) is 9.13. The highest BCUT2D eigenvalue weighted by atomic mass is 16.4. The van der Waals surface area contributed by atoms with Gasteiger partial charge < -0.3 is 10.0 Å². The minimum absolute atomic E-state index is 0.00849. The van der Waals surface area contributed by atoms with Gasteiger partial charge in [0, 0.05) is 13.1 Å². The SMILES string of the molecule is CCN(CCc1ccccc1)C(=O)C1CC1C(=O)O. The Kier molecular flexibility index (Phi) is 4.20. The molecule has 19 heavy (non-hydrogen) atoms. The van der Waals surface area contributed by atoms with Crippen molar-refractivity contribution in [1.82, 2.24) is 4.90 Å². The van der Waals surface area contributed by atoms with Gasteiger partial charge in [-0.2, -0.15) is 0 Å². The molecule has 0 aliphatic heterocycles. The van der Waals surface area contributed by atoms with Crippen LogP contribution in [0.4, 0.5) is 0 Å². The molecule has 1 aromatic rings. The monoisotopic (exact) mass is 261 g/mol. The third-order valence-electron chi connectivity index (χ3n) is 3.63. The summed E-state index contributed by atoms with van der Waals surface area (Å²) in [7, 11) is 0. The first-order valence-corrected chi connectivity index (χ1v) is 6.69. The summed E-state index contributed by atoms with van der Waals surface area (Å²) in [5.41, 5.74) is 1.19. The van der Waals surface area contributed by atoms with E-state index in [9.17, 15) is 9.59 Å². The van der Waals surface area contributed by atoms with E-state index in [1.807, 2.05) is 37.3 Å². The minimum atomic E-state index is -0.850. The quantitative estimate of drug-likeness (QED) is 0.849. The summed E-state index contributed by atoms with van der Waals surface area (Å²) in [4.78, 5) is 24.7. The van der Waals surface area contributed by atoms with Crippen LogP contribution in [0.5, 0.6) is 0 Å². The highest BCUT2D eigenvalue weighted by Crippen LogP contribution is 2.40. The molecule has 1 N–H and O–H groups in total. The van der Waals surface area contributed by atoms with Crippen LogP contribution in [-0.2, 0) is 16.0 Å². The summed E-state index contributed by atoms with van der Waals surface area (Å²) in [5, 5.41) is 8.86. The van der Waals surface area contributed by atoms with Gasteiger partial charge in [-0.05, 0) is 25.3 Å². The summed E-state index contributed by atoms with van der Waals surface area (Å²) in [5.74, 6) is -1.62. The summed E-state index contributed by atoms with van der Waals surface area (Å²) in [6.07, 6.45) is 1.31. The van der Waals surface area contributed by atoms with Gasteiger partial charge in [0.25, 0.3) is 0 Å². The van der Waals surface area contributed by atoms with Gasteiger partial charge in [-0.15, -0.1) is 0 Å². The van der Waals surface area contributed by atoms with Crippen molar-refractivity contribution in [2.75, 3.05) is 13.1 Å². The number of carbonyl (C=O) groups is 2. The molecule has 4 nitrogen and oxygen atoms in total. The zero-order chi connectivity index (χ0) is 13.8. The van der Waals surface area contributed by atoms with Crippen molar-refractivity contribution in [2.24, 2.45) is 11.8 Å². The van der Waals surface area contributed by atoms with Crippen LogP contribution in [0.1, 0.15) is 18.9 Å². The molecular formula is C15H19NO3. The third-order valence-corrected chi connectivity index (χ3v) is 3.63. The standard InChI is InChI=1S/C15H19NO3/c1-2-16(9-8-11-6-4-3-5-7-11)14(17)12-10-13(12)15(18)19/h3-7,12-13H,2,8-10H2,1H3,(H,18,19). The van der Waals surface area contributed by atoms with E-state index in [2.05, 4.69) is 0 Å². The molecule has 2 rings (SSSR count). The molecule has 0 spiro atoms. The lowest BCUT2D eigenvalue weighted by molar-refractivity contribution is -0.141. The predicted molar refractivity (Wildman–Crippen MR) is 71.6 cm³/mol. The molecule has 0 aromatic heterocycles. The number of carbonyl (C=O) groups excluding carboxylic acids is 1. The van der Waals surface area contributed by atoms with Gasteiger partial charge in [-0.3, -0.25) is 9.59 Å². The highest BCUT2D eigenvalue weighted by Gasteiger charge is 2.49. The van der Waals surface area contributed by atoms with E-state index in [-0.39, 0.29) is 11.8 Å². The molecule has 102 valence electrons. The van der Waals surface area contributed by atoms with Crippen LogP contribution in [-0.4, -0.2) is 35.0 Å². The molecule has 1 aliphatic carbocycles. The maximum Gasteiger partial charge on any atom is 0.307 e. The van der Waals surface area contributed by atoms with E-state index in [0.717, 1.165) is 6.42 Å². The first kappa shape index (κ1) is 13.6. The maximum absolute atomic E-state index is 12.1. The fourth-order valence-electron chi connectivity index (χ4n) is 2.31. The number of likely N-dealkylation sites (N-methyl/N-ethyl adjacent to an activating group) is 1. The summed E-state index contributed by atoms with van der Waals surface area (Å²) >= 11 is 0. The van der Waals surface area contributed by atoms with Crippen LogP contribution in [0.25, 0.3) is 0 Å². The van der Waals surface area contributed by atoms with E-state index in [4.69, 9.17) is 5.11 Å². The van der Waals surface area contributed by atoms with E-state index in [1.165, 1.54) is 5.56 Å². The van der Waals surface area contributed by atoms with E-state index in [0.29, 0.717) is 19.5 Å². The Hall–Kier alpha value is -1.84. The van der Waals surface area contributed by atoms with Crippen molar-refractivity contribution in [2.45, 2.75) is 19.8 Å². The number of nitrogens with zero attached hydrogens (tertiary/aromatic N) is 1. The lowest BCUT2D eigenvalue weighted by Gasteiger charge is -2.21. The maximum atomic E-state index is 12.1. The molecule has 0 saturated heterocycles. The average molecular weight is 261 g/mol. The number of carboxylic acids is 1. The molecule has 2 unspecified atom stereocenters. The van der Waals surface area contributed by atoms with Crippen molar-refractivity contribution >= 4 is 11.9 Å². The second-order valence-electron chi connectivity index (χ2n) is 4.94. The topological polar surface area (TPSA) is 57.6 Å². The van der Waals surface area contributed by atoms with E-state index >= 15 is 0 Å². The molecule has 1 saturated carbocycles. The fraction of sp³-hybridized carbons (Fsp3) is 0.467. The van der Waals surface area contributed by atoms with Crippen LogP contribution < -0.4 is 0 Å². The van der Waals surface area contributed by atoms with Crippen LogP contribution in [0, 0.1) is 11.8 Å². The number of amides is 1. The van der Waals surface area contributed by atoms with Crippen molar-refractivity contribution in [3.8, 4) is 0 Å². The van der Waals surface area contributed by atoms with Crippen LogP contribution in [0.2, 0.25) is 0 Å². The number of benzene rings is 1. The number of hydrogen-bond acceptors (Lipinski definition) is 2. The number of carboxylic acid groups (broad SMARTS) is 1. The fourth-order valence-corrected chi connectivity index (χ4v) is 2.31. The van der Waals surface area contributed by atoms with Crippen LogP contribution in [0.15, 0.2) is 30.3 Å². The predicted octanol–water partition coefficient (Wildman–Crippen LogP) is 1.80. The molecule has 0 bridgehead atoms. The Morgan fingerprint density at radius 3 is 2.47 bits per heavy atom. The van der Waals surface area contributed by atoms with Gasteiger partial charge in [0.1, 0.15) is 0 Å². The van der Waals surface area contributed by atoms with Gasteiger partial charge >= 0.3 is 5.97 Å². The van der Waals surface area contributed by atoms with Crippen molar-refractivity contribution in [3.63, 3.8) is 0 Å². The molecule has 2 atom stereocenters. The van der Waals surface area contributed by atoms with E-state index in [1.54, 1.807) is 4.90 Å². The molecule has 0 heterocycles. The molecule has 1 aromatic carbocycles. The zero-order valence-corrected chi connectivity index (χ0v) is 11.1. The summed E-state index contributed by atoms with van der Waals surface area (Å²) < 4.78 is 0.